The summed E-state index contributed by atoms with van der Waals surface area (Å²) in [6.45, 7) is 5.86. The van der Waals surface area contributed by atoms with Gasteiger partial charge >= 0.3 is 0 Å². The molecule has 0 aromatic heterocycles. The summed E-state index contributed by atoms with van der Waals surface area (Å²) >= 11 is 0. The summed E-state index contributed by atoms with van der Waals surface area (Å²) in [6.07, 6.45) is 3.89. The predicted molar refractivity (Wildman–Crippen MR) is 58.0 cm³/mol. The number of hydrogen-bond acceptors (Lipinski definition) is 2. The van der Waals surface area contributed by atoms with Crippen molar-refractivity contribution in [1.29, 1.82) is 0 Å². The molecular weight excluding hydrogens is 178 g/mol. The molecule has 0 aliphatic carbocycles. The molecule has 0 aliphatic rings. The molecule has 1 amide bonds. The molecule has 1 atom stereocenters. The second kappa shape index (κ2) is 7.80. The first-order valence-electron chi connectivity index (χ1n) is 5.57. The van der Waals surface area contributed by atoms with E-state index in [4.69, 9.17) is 5.11 Å². The van der Waals surface area contributed by atoms with Crippen LogP contribution in [-0.4, -0.2) is 23.2 Å². The average Bonchev–Trinajstić information content (AvgIpc) is 2.03. The van der Waals surface area contributed by atoms with Gasteiger partial charge in [0, 0.05) is 6.04 Å². The van der Waals surface area contributed by atoms with Crippen LogP contribution in [0.3, 0.4) is 0 Å². The van der Waals surface area contributed by atoms with E-state index >= 15 is 0 Å². The van der Waals surface area contributed by atoms with Crippen molar-refractivity contribution >= 4 is 5.91 Å². The Morgan fingerprint density at radius 2 is 1.79 bits per heavy atom. The molecule has 0 fully saturated rings. The van der Waals surface area contributed by atoms with Crippen LogP contribution in [0.2, 0.25) is 0 Å². The fraction of sp³-hybridized carbons (Fsp3) is 0.909. The Hall–Kier alpha value is -0.570. The maximum atomic E-state index is 11.3. The standard InChI is InChI=1S/C11H23NO2/c1-4-6-10(7-5-2)12-11(14)8-9(3)13/h9-10,13H,4-8H2,1-3H3,(H,12,14)/t9-/m1/s1. The second-order valence-electron chi connectivity index (χ2n) is 3.89. The van der Waals surface area contributed by atoms with Crippen LogP contribution < -0.4 is 5.32 Å². The molecule has 3 nitrogen and oxygen atoms in total. The van der Waals surface area contributed by atoms with Gasteiger partial charge in [-0.2, -0.15) is 0 Å². The average molecular weight is 201 g/mol. The maximum absolute atomic E-state index is 11.3. The minimum atomic E-state index is -0.543. The lowest BCUT2D eigenvalue weighted by Gasteiger charge is -2.17. The lowest BCUT2D eigenvalue weighted by atomic mass is 10.1. The zero-order chi connectivity index (χ0) is 11.0. The molecule has 3 heteroatoms. The van der Waals surface area contributed by atoms with Crippen LogP contribution in [0, 0.1) is 0 Å². The minimum Gasteiger partial charge on any atom is -0.393 e. The number of amides is 1. The molecule has 2 N–H and O–H groups in total. The topological polar surface area (TPSA) is 49.3 Å². The highest BCUT2D eigenvalue weighted by Crippen LogP contribution is 2.05. The first-order valence-corrected chi connectivity index (χ1v) is 5.57. The Labute approximate surface area is 86.9 Å². The van der Waals surface area contributed by atoms with Gasteiger partial charge in [0.05, 0.1) is 12.5 Å². The van der Waals surface area contributed by atoms with Gasteiger partial charge < -0.3 is 10.4 Å². The first-order chi connectivity index (χ1) is 6.60. The van der Waals surface area contributed by atoms with Crippen LogP contribution in [0.4, 0.5) is 0 Å². The summed E-state index contributed by atoms with van der Waals surface area (Å²) < 4.78 is 0. The van der Waals surface area contributed by atoms with Crippen molar-refractivity contribution in [3.8, 4) is 0 Å². The third-order valence-corrected chi connectivity index (χ3v) is 2.12. The van der Waals surface area contributed by atoms with E-state index in [1.165, 1.54) is 0 Å². The number of carbonyl (C=O) groups is 1. The third kappa shape index (κ3) is 6.89. The molecule has 0 radical (unpaired) electrons. The van der Waals surface area contributed by atoms with Crippen LogP contribution in [0.25, 0.3) is 0 Å². The van der Waals surface area contributed by atoms with E-state index in [0.29, 0.717) is 0 Å². The normalized spacial score (nSPS) is 12.9. The van der Waals surface area contributed by atoms with Gasteiger partial charge in [0.15, 0.2) is 0 Å². The predicted octanol–water partition coefficient (Wildman–Crippen LogP) is 1.84. The van der Waals surface area contributed by atoms with Gasteiger partial charge in [-0.3, -0.25) is 4.79 Å². The molecule has 0 saturated carbocycles. The summed E-state index contributed by atoms with van der Waals surface area (Å²) in [5, 5.41) is 12.0. The molecule has 0 saturated heterocycles. The minimum absolute atomic E-state index is 0.0353. The highest BCUT2D eigenvalue weighted by molar-refractivity contribution is 5.76. The van der Waals surface area contributed by atoms with Gasteiger partial charge in [-0.1, -0.05) is 26.7 Å². The van der Waals surface area contributed by atoms with Crippen LogP contribution in [0.15, 0.2) is 0 Å². The van der Waals surface area contributed by atoms with Crippen molar-refractivity contribution in [2.75, 3.05) is 0 Å². The Morgan fingerprint density at radius 1 is 1.29 bits per heavy atom. The monoisotopic (exact) mass is 201 g/mol. The van der Waals surface area contributed by atoms with Crippen molar-refractivity contribution in [2.24, 2.45) is 0 Å². The third-order valence-electron chi connectivity index (χ3n) is 2.12. The summed E-state index contributed by atoms with van der Waals surface area (Å²) in [6, 6.07) is 0.288. The Bertz CT molecular complexity index is 151. The van der Waals surface area contributed by atoms with Gasteiger partial charge in [0.2, 0.25) is 5.91 Å². The highest BCUT2D eigenvalue weighted by atomic mass is 16.3. The lowest BCUT2D eigenvalue weighted by molar-refractivity contribution is -0.123. The molecule has 14 heavy (non-hydrogen) atoms. The molecule has 0 unspecified atom stereocenters. The highest BCUT2D eigenvalue weighted by Gasteiger charge is 2.11. The van der Waals surface area contributed by atoms with Crippen molar-refractivity contribution in [1.82, 2.24) is 5.32 Å². The van der Waals surface area contributed by atoms with Crippen molar-refractivity contribution < 1.29 is 9.90 Å². The van der Waals surface area contributed by atoms with Gasteiger partial charge in [-0.05, 0) is 19.8 Å². The van der Waals surface area contributed by atoms with Crippen LogP contribution in [-0.2, 0) is 4.79 Å². The lowest BCUT2D eigenvalue weighted by Crippen LogP contribution is -2.36. The van der Waals surface area contributed by atoms with E-state index < -0.39 is 6.10 Å². The smallest absolute Gasteiger partial charge is 0.222 e. The number of hydrogen-bond donors (Lipinski definition) is 2. The van der Waals surface area contributed by atoms with Crippen LogP contribution >= 0.6 is 0 Å². The van der Waals surface area contributed by atoms with Gasteiger partial charge in [0.1, 0.15) is 0 Å². The van der Waals surface area contributed by atoms with E-state index in [1.54, 1.807) is 6.92 Å². The summed E-state index contributed by atoms with van der Waals surface area (Å²) in [7, 11) is 0. The number of carbonyl (C=O) groups excluding carboxylic acids is 1. The molecule has 0 aromatic rings. The largest absolute Gasteiger partial charge is 0.393 e. The van der Waals surface area contributed by atoms with Crippen molar-refractivity contribution in [2.45, 2.75) is 65.0 Å². The van der Waals surface area contributed by atoms with Gasteiger partial charge in [0.25, 0.3) is 0 Å². The molecule has 0 bridgehead atoms. The van der Waals surface area contributed by atoms with Crippen LogP contribution in [0.1, 0.15) is 52.9 Å². The molecule has 0 aliphatic heterocycles. The van der Waals surface area contributed by atoms with E-state index in [0.717, 1.165) is 25.7 Å². The molecule has 0 spiro atoms. The van der Waals surface area contributed by atoms with E-state index in [9.17, 15) is 4.79 Å². The quantitative estimate of drug-likeness (QED) is 0.660. The Kier molecular flexibility index (Phi) is 7.48. The Morgan fingerprint density at radius 3 is 2.14 bits per heavy atom. The zero-order valence-corrected chi connectivity index (χ0v) is 9.55. The van der Waals surface area contributed by atoms with Crippen LogP contribution in [0.5, 0.6) is 0 Å². The summed E-state index contributed by atoms with van der Waals surface area (Å²) in [4.78, 5) is 11.3. The van der Waals surface area contributed by atoms with E-state index in [-0.39, 0.29) is 18.4 Å². The second-order valence-corrected chi connectivity index (χ2v) is 3.89. The number of aliphatic hydroxyl groups is 1. The van der Waals surface area contributed by atoms with Crippen molar-refractivity contribution in [3.63, 3.8) is 0 Å². The zero-order valence-electron chi connectivity index (χ0n) is 9.55. The summed E-state index contributed by atoms with van der Waals surface area (Å²) in [5.74, 6) is -0.0353. The first kappa shape index (κ1) is 13.4. The maximum Gasteiger partial charge on any atom is 0.222 e. The fourth-order valence-electron chi connectivity index (χ4n) is 1.54. The van der Waals surface area contributed by atoms with Gasteiger partial charge in [-0.25, -0.2) is 0 Å². The molecule has 0 aromatic carbocycles. The van der Waals surface area contributed by atoms with E-state index in [1.807, 2.05) is 0 Å². The molecule has 84 valence electrons. The number of nitrogens with one attached hydrogen (secondary N) is 1. The van der Waals surface area contributed by atoms with E-state index in [2.05, 4.69) is 19.2 Å². The SMILES string of the molecule is CCCC(CCC)NC(=O)C[C@@H](C)O. The van der Waals surface area contributed by atoms with Gasteiger partial charge in [-0.15, -0.1) is 0 Å². The molecular formula is C11H23NO2. The number of rotatable bonds is 7. The Balaban J connectivity index is 3.82. The summed E-state index contributed by atoms with van der Waals surface area (Å²) in [5.41, 5.74) is 0. The fourth-order valence-corrected chi connectivity index (χ4v) is 1.54. The molecule has 0 rings (SSSR count). The van der Waals surface area contributed by atoms with Crippen molar-refractivity contribution in [3.05, 3.63) is 0 Å². The number of aliphatic hydroxyl groups excluding tert-OH is 1. The molecule has 0 heterocycles.